The van der Waals surface area contributed by atoms with Crippen LogP contribution in [0.25, 0.3) is 16.9 Å². The lowest BCUT2D eigenvalue weighted by molar-refractivity contribution is 0.174. The maximum absolute atomic E-state index is 6.12. The van der Waals surface area contributed by atoms with Gasteiger partial charge in [-0.25, -0.2) is 4.98 Å². The van der Waals surface area contributed by atoms with Gasteiger partial charge in [-0.05, 0) is 42.5 Å². The summed E-state index contributed by atoms with van der Waals surface area (Å²) in [5.74, 6) is 1.54. The van der Waals surface area contributed by atoms with Crippen LogP contribution in [0.2, 0.25) is 0 Å². The summed E-state index contributed by atoms with van der Waals surface area (Å²) >= 11 is 0. The summed E-state index contributed by atoms with van der Waals surface area (Å²) in [4.78, 5) is 9.89. The number of fused-ring (bicyclic) bond motifs is 2. The molecule has 7 nitrogen and oxygen atoms in total. The molecule has 0 bridgehead atoms. The zero-order chi connectivity index (χ0) is 21.5. The van der Waals surface area contributed by atoms with Crippen LogP contribution in [0, 0.1) is 0 Å². The molecule has 1 saturated heterocycles. The quantitative estimate of drug-likeness (QED) is 0.536. The Bertz CT molecular complexity index is 1260. The van der Waals surface area contributed by atoms with E-state index in [2.05, 4.69) is 50.6 Å². The van der Waals surface area contributed by atoms with Crippen LogP contribution in [-0.2, 0) is 6.54 Å². The van der Waals surface area contributed by atoms with Crippen molar-refractivity contribution >= 4 is 17.0 Å². The van der Waals surface area contributed by atoms with Gasteiger partial charge in [-0.15, -0.1) is 0 Å². The predicted molar refractivity (Wildman–Crippen MR) is 125 cm³/mol. The van der Waals surface area contributed by atoms with E-state index in [1.807, 2.05) is 30.5 Å². The summed E-state index contributed by atoms with van der Waals surface area (Å²) in [5, 5.41) is 0. The highest BCUT2D eigenvalue weighted by Gasteiger charge is 2.23. The van der Waals surface area contributed by atoms with E-state index in [-0.39, 0.29) is 6.79 Å². The van der Waals surface area contributed by atoms with E-state index in [9.17, 15) is 0 Å². The van der Waals surface area contributed by atoms with Gasteiger partial charge < -0.3 is 24.5 Å². The summed E-state index contributed by atoms with van der Waals surface area (Å²) in [5.41, 5.74) is 12.1. The van der Waals surface area contributed by atoms with Crippen LogP contribution in [0.4, 0.5) is 11.4 Å². The summed E-state index contributed by atoms with van der Waals surface area (Å²) < 4.78 is 13.2. The molecule has 0 aliphatic carbocycles. The first kappa shape index (κ1) is 19.0. The number of piperazine rings is 1. The van der Waals surface area contributed by atoms with Crippen molar-refractivity contribution in [2.75, 3.05) is 43.6 Å². The van der Waals surface area contributed by atoms with Crippen molar-refractivity contribution in [3.8, 4) is 22.8 Å². The molecule has 4 aromatic rings. The molecule has 2 aliphatic heterocycles. The molecule has 0 unspecified atom stereocenters. The van der Waals surface area contributed by atoms with Crippen molar-refractivity contribution in [2.24, 2.45) is 0 Å². The van der Waals surface area contributed by atoms with Gasteiger partial charge in [0.05, 0.1) is 11.4 Å². The molecule has 2 N–H and O–H groups in total. The lowest BCUT2D eigenvalue weighted by atomic mass is 10.1. The van der Waals surface area contributed by atoms with Crippen LogP contribution in [0.5, 0.6) is 11.5 Å². The Kier molecular flexibility index (Phi) is 4.61. The number of nitrogens with two attached hydrogens (primary N) is 1. The highest BCUT2D eigenvalue weighted by Crippen LogP contribution is 2.37. The zero-order valence-corrected chi connectivity index (χ0v) is 17.8. The number of rotatable bonds is 4. The number of aromatic nitrogens is 2. The number of nitrogen functional groups attached to an aromatic ring is 1. The Labute approximate surface area is 186 Å². The van der Waals surface area contributed by atoms with Crippen molar-refractivity contribution in [3.63, 3.8) is 0 Å². The minimum atomic E-state index is 0.263. The van der Waals surface area contributed by atoms with Gasteiger partial charge in [0.2, 0.25) is 6.79 Å². The molecule has 2 aromatic heterocycles. The van der Waals surface area contributed by atoms with Crippen molar-refractivity contribution in [2.45, 2.75) is 6.54 Å². The van der Waals surface area contributed by atoms with Gasteiger partial charge in [0.1, 0.15) is 5.65 Å². The molecule has 7 heteroatoms. The maximum Gasteiger partial charge on any atom is 0.231 e. The van der Waals surface area contributed by atoms with Gasteiger partial charge in [0, 0.05) is 55.9 Å². The number of hydrogen-bond donors (Lipinski definition) is 1. The van der Waals surface area contributed by atoms with Gasteiger partial charge in [-0.2, -0.15) is 0 Å². The standard InChI is InChI=1S/C25H25N5O2/c26-19-7-9-24-27-25(18-6-8-22-23(14-18)32-17-31-22)21(30(24)15-19)16-28-10-12-29(13-11-28)20-4-2-1-3-5-20/h1-9,14-15H,10-13,16-17,26H2. The van der Waals surface area contributed by atoms with Crippen molar-refractivity contribution < 1.29 is 9.47 Å². The first-order valence-electron chi connectivity index (χ1n) is 10.9. The molecule has 1 fully saturated rings. The monoisotopic (exact) mass is 427 g/mol. The third-order valence-corrected chi connectivity index (χ3v) is 6.25. The average molecular weight is 428 g/mol. The van der Waals surface area contributed by atoms with E-state index in [1.54, 1.807) is 0 Å². The van der Waals surface area contributed by atoms with E-state index in [4.69, 9.17) is 20.2 Å². The SMILES string of the molecule is Nc1ccc2nc(-c3ccc4c(c3)OCO4)c(CN3CCN(c4ccccc4)CC3)n2c1. The van der Waals surface area contributed by atoms with E-state index in [0.717, 1.165) is 72.5 Å². The number of pyridine rings is 1. The topological polar surface area (TPSA) is 68.3 Å². The smallest absolute Gasteiger partial charge is 0.231 e. The molecular formula is C25H25N5O2. The van der Waals surface area contributed by atoms with Crippen LogP contribution in [0.3, 0.4) is 0 Å². The lowest BCUT2D eigenvalue weighted by Gasteiger charge is -2.36. The fourth-order valence-electron chi connectivity index (χ4n) is 4.55. The Morgan fingerprint density at radius 1 is 0.875 bits per heavy atom. The summed E-state index contributed by atoms with van der Waals surface area (Å²) in [6.45, 7) is 5.05. The molecule has 0 saturated carbocycles. The third kappa shape index (κ3) is 3.40. The number of anilines is 2. The summed E-state index contributed by atoms with van der Waals surface area (Å²) in [7, 11) is 0. The Morgan fingerprint density at radius 3 is 2.53 bits per heavy atom. The van der Waals surface area contributed by atoms with Gasteiger partial charge in [-0.1, -0.05) is 18.2 Å². The van der Waals surface area contributed by atoms with Gasteiger partial charge in [0.25, 0.3) is 0 Å². The van der Waals surface area contributed by atoms with Crippen LogP contribution in [-0.4, -0.2) is 47.3 Å². The van der Waals surface area contributed by atoms with Gasteiger partial charge in [-0.3, -0.25) is 4.90 Å². The molecule has 0 spiro atoms. The molecule has 162 valence electrons. The molecule has 6 rings (SSSR count). The largest absolute Gasteiger partial charge is 0.454 e. The molecular weight excluding hydrogens is 402 g/mol. The summed E-state index contributed by atoms with van der Waals surface area (Å²) in [6, 6.07) is 20.5. The number of para-hydroxylation sites is 1. The third-order valence-electron chi connectivity index (χ3n) is 6.25. The van der Waals surface area contributed by atoms with Crippen LogP contribution >= 0.6 is 0 Å². The minimum absolute atomic E-state index is 0.263. The minimum Gasteiger partial charge on any atom is -0.454 e. The van der Waals surface area contributed by atoms with Crippen molar-refractivity contribution in [1.82, 2.24) is 14.3 Å². The number of benzene rings is 2. The summed E-state index contributed by atoms with van der Waals surface area (Å²) in [6.07, 6.45) is 1.97. The van der Waals surface area contributed by atoms with Gasteiger partial charge in [0.15, 0.2) is 11.5 Å². The predicted octanol–water partition coefficient (Wildman–Crippen LogP) is 3.63. The normalized spacial score (nSPS) is 16.1. The number of hydrogen-bond acceptors (Lipinski definition) is 6. The van der Waals surface area contributed by atoms with Crippen LogP contribution in [0.15, 0.2) is 66.9 Å². The highest BCUT2D eigenvalue weighted by atomic mass is 16.7. The van der Waals surface area contributed by atoms with Crippen molar-refractivity contribution in [3.05, 3.63) is 72.6 Å². The Hall–Kier alpha value is -3.71. The lowest BCUT2D eigenvalue weighted by Crippen LogP contribution is -2.46. The Balaban J connectivity index is 1.31. The molecule has 2 aliphatic rings. The van der Waals surface area contributed by atoms with Crippen molar-refractivity contribution in [1.29, 1.82) is 0 Å². The number of imidazole rings is 1. The molecule has 0 atom stereocenters. The van der Waals surface area contributed by atoms with Crippen LogP contribution < -0.4 is 20.1 Å². The second kappa shape index (κ2) is 7.76. The fraction of sp³-hybridized carbons (Fsp3) is 0.240. The first-order chi connectivity index (χ1) is 15.7. The molecule has 2 aromatic carbocycles. The molecule has 0 amide bonds. The average Bonchev–Trinajstić information content (AvgIpc) is 3.44. The highest BCUT2D eigenvalue weighted by molar-refractivity contribution is 5.70. The zero-order valence-electron chi connectivity index (χ0n) is 17.8. The Morgan fingerprint density at radius 2 is 1.69 bits per heavy atom. The van der Waals surface area contributed by atoms with E-state index < -0.39 is 0 Å². The van der Waals surface area contributed by atoms with Gasteiger partial charge >= 0.3 is 0 Å². The van der Waals surface area contributed by atoms with Crippen LogP contribution in [0.1, 0.15) is 5.69 Å². The first-order valence-corrected chi connectivity index (χ1v) is 10.9. The molecule has 0 radical (unpaired) electrons. The fourth-order valence-corrected chi connectivity index (χ4v) is 4.55. The molecule has 32 heavy (non-hydrogen) atoms. The number of nitrogens with zero attached hydrogens (tertiary/aromatic N) is 4. The maximum atomic E-state index is 6.12. The molecule has 4 heterocycles. The van der Waals surface area contributed by atoms with E-state index in [1.165, 1.54) is 5.69 Å². The number of ether oxygens (including phenoxy) is 2. The van der Waals surface area contributed by atoms with E-state index >= 15 is 0 Å². The van der Waals surface area contributed by atoms with E-state index in [0.29, 0.717) is 0 Å². The second-order valence-electron chi connectivity index (χ2n) is 8.26. The second-order valence-corrected chi connectivity index (χ2v) is 8.26.